The molecular weight excluding hydrogens is 411 g/mol. The Bertz CT molecular complexity index is 1410. The molecule has 0 saturated carbocycles. The molecule has 0 radical (unpaired) electrons. The Balaban J connectivity index is 0.00000205. The molecule has 146 valence electrons. The molecule has 0 aliphatic rings. The van der Waals surface area contributed by atoms with Gasteiger partial charge in [-0.3, -0.25) is 4.79 Å². The zero-order chi connectivity index (χ0) is 19.3. The van der Waals surface area contributed by atoms with E-state index in [-0.39, 0.29) is 23.5 Å². The number of aryl methyl sites for hydroxylation is 1. The van der Waals surface area contributed by atoms with Crippen molar-refractivity contribution in [3.63, 3.8) is 0 Å². The molecule has 0 amide bonds. The van der Waals surface area contributed by atoms with Crippen LogP contribution in [-0.4, -0.2) is 19.5 Å². The zero-order valence-electron chi connectivity index (χ0n) is 15.3. The lowest BCUT2D eigenvalue weighted by Gasteiger charge is -2.11. The van der Waals surface area contributed by atoms with Crippen molar-refractivity contribution in [3.8, 4) is 10.7 Å². The summed E-state index contributed by atoms with van der Waals surface area (Å²) in [5.74, 6) is 0.358. The van der Waals surface area contributed by atoms with Crippen LogP contribution in [0, 0.1) is 12.7 Å². The van der Waals surface area contributed by atoms with Crippen molar-refractivity contribution in [2.45, 2.75) is 13.5 Å². The number of benzene rings is 2. The topological polar surface area (TPSA) is 63.6 Å². The predicted octanol–water partition coefficient (Wildman–Crippen LogP) is 4.92. The first-order valence-electron chi connectivity index (χ1n) is 8.78. The van der Waals surface area contributed by atoms with Crippen LogP contribution in [0.5, 0.6) is 0 Å². The normalized spacial score (nSPS) is 11.1. The highest BCUT2D eigenvalue weighted by molar-refractivity contribution is 7.13. The zero-order valence-corrected chi connectivity index (χ0v) is 17.0. The summed E-state index contributed by atoms with van der Waals surface area (Å²) < 4.78 is 16.3. The van der Waals surface area contributed by atoms with Gasteiger partial charge in [-0.15, -0.1) is 23.7 Å². The Kier molecular flexibility index (Phi) is 4.94. The number of halogens is 2. The minimum absolute atomic E-state index is 0. The molecule has 5 aromatic rings. The third-order valence-electron chi connectivity index (χ3n) is 4.84. The largest absolute Gasteiger partial charge is 0.319 e. The van der Waals surface area contributed by atoms with E-state index in [4.69, 9.17) is 4.98 Å². The van der Waals surface area contributed by atoms with E-state index in [1.54, 1.807) is 11.6 Å². The first kappa shape index (κ1) is 19.3. The number of para-hydroxylation sites is 3. The highest BCUT2D eigenvalue weighted by atomic mass is 35.5. The summed E-state index contributed by atoms with van der Waals surface area (Å²) in [4.78, 5) is 24.9. The number of thiazole rings is 1. The van der Waals surface area contributed by atoms with Gasteiger partial charge in [0.15, 0.2) is 5.82 Å². The molecule has 0 aliphatic heterocycles. The van der Waals surface area contributed by atoms with Gasteiger partial charge in [0.25, 0.3) is 0 Å². The van der Waals surface area contributed by atoms with Crippen molar-refractivity contribution < 1.29 is 4.39 Å². The maximum Gasteiger partial charge on any atom is 0.248 e. The van der Waals surface area contributed by atoms with Gasteiger partial charge in [-0.05, 0) is 30.7 Å². The van der Waals surface area contributed by atoms with Crippen LogP contribution in [0.4, 0.5) is 4.39 Å². The number of nitrogens with one attached hydrogen (secondary N) is 1. The number of rotatable bonds is 3. The molecule has 3 heterocycles. The van der Waals surface area contributed by atoms with E-state index < -0.39 is 5.82 Å². The molecule has 8 heteroatoms. The van der Waals surface area contributed by atoms with Crippen LogP contribution in [0.15, 0.2) is 58.8 Å². The van der Waals surface area contributed by atoms with E-state index in [1.807, 2.05) is 37.3 Å². The number of fused-ring (bicyclic) bond motifs is 2. The maximum absolute atomic E-state index is 14.2. The fourth-order valence-electron chi connectivity index (χ4n) is 3.54. The number of pyridine rings is 1. The van der Waals surface area contributed by atoms with Crippen LogP contribution >= 0.6 is 23.7 Å². The van der Waals surface area contributed by atoms with Crippen molar-refractivity contribution in [1.82, 2.24) is 19.5 Å². The van der Waals surface area contributed by atoms with E-state index in [9.17, 15) is 9.18 Å². The molecule has 0 atom stereocenters. The smallest absolute Gasteiger partial charge is 0.248 e. The second kappa shape index (κ2) is 7.42. The molecular formula is C21H16ClFN4OS. The molecule has 2 aromatic carbocycles. The molecule has 0 fully saturated rings. The van der Waals surface area contributed by atoms with Crippen LogP contribution in [0.3, 0.4) is 0 Å². The van der Waals surface area contributed by atoms with Crippen LogP contribution in [0.25, 0.3) is 32.6 Å². The maximum atomic E-state index is 14.2. The summed E-state index contributed by atoms with van der Waals surface area (Å²) in [5, 5.41) is 0.685. The average Bonchev–Trinajstić information content (AvgIpc) is 3.26. The molecule has 29 heavy (non-hydrogen) atoms. The number of aromatic amines is 1. The molecule has 0 saturated heterocycles. The minimum atomic E-state index is -0.439. The summed E-state index contributed by atoms with van der Waals surface area (Å²) in [6.45, 7) is 2.35. The van der Waals surface area contributed by atoms with Gasteiger partial charge in [0, 0.05) is 11.5 Å². The van der Waals surface area contributed by atoms with Crippen LogP contribution in [-0.2, 0) is 6.54 Å². The third kappa shape index (κ3) is 3.22. The summed E-state index contributed by atoms with van der Waals surface area (Å²) in [5.41, 5.74) is 5.17. The lowest BCUT2D eigenvalue weighted by Crippen LogP contribution is -2.11. The average molecular weight is 427 g/mol. The summed E-state index contributed by atoms with van der Waals surface area (Å²) >= 11 is 1.53. The Morgan fingerprint density at radius 3 is 2.79 bits per heavy atom. The van der Waals surface area contributed by atoms with Crippen molar-refractivity contribution in [2.75, 3.05) is 0 Å². The van der Waals surface area contributed by atoms with Crippen molar-refractivity contribution in [1.29, 1.82) is 0 Å². The van der Waals surface area contributed by atoms with E-state index in [2.05, 4.69) is 14.5 Å². The first-order chi connectivity index (χ1) is 13.6. The molecule has 0 unspecified atom stereocenters. The molecule has 5 nitrogen and oxygen atoms in total. The van der Waals surface area contributed by atoms with Crippen LogP contribution < -0.4 is 5.56 Å². The quantitative estimate of drug-likeness (QED) is 0.445. The van der Waals surface area contributed by atoms with Gasteiger partial charge in [-0.2, -0.15) is 0 Å². The Labute approximate surface area is 175 Å². The van der Waals surface area contributed by atoms with Gasteiger partial charge in [0.2, 0.25) is 5.56 Å². The number of aromatic nitrogens is 4. The van der Waals surface area contributed by atoms with Crippen molar-refractivity contribution in [2.24, 2.45) is 0 Å². The van der Waals surface area contributed by atoms with Crippen LogP contribution in [0.1, 0.15) is 11.3 Å². The second-order valence-corrected chi connectivity index (χ2v) is 7.45. The van der Waals surface area contributed by atoms with E-state index >= 15 is 0 Å². The Hall–Kier alpha value is -3.03. The predicted molar refractivity (Wildman–Crippen MR) is 116 cm³/mol. The lowest BCUT2D eigenvalue weighted by atomic mass is 10.1. The summed E-state index contributed by atoms with van der Waals surface area (Å²) in [7, 11) is 0. The molecule has 3 aromatic heterocycles. The molecule has 0 aliphatic carbocycles. The third-order valence-corrected chi connectivity index (χ3v) is 5.77. The molecule has 0 spiro atoms. The number of hydrogen-bond donors (Lipinski definition) is 1. The highest BCUT2D eigenvalue weighted by Crippen LogP contribution is 2.31. The van der Waals surface area contributed by atoms with Gasteiger partial charge < -0.3 is 9.55 Å². The number of nitrogens with zero attached hydrogens (tertiary/aromatic N) is 3. The van der Waals surface area contributed by atoms with Crippen molar-refractivity contribution >= 4 is 45.7 Å². The lowest BCUT2D eigenvalue weighted by molar-refractivity contribution is 0.636. The Morgan fingerprint density at radius 1 is 1.17 bits per heavy atom. The van der Waals surface area contributed by atoms with Crippen LogP contribution in [0.2, 0.25) is 0 Å². The van der Waals surface area contributed by atoms with Gasteiger partial charge in [-0.1, -0.05) is 24.3 Å². The second-order valence-electron chi connectivity index (χ2n) is 6.60. The fourth-order valence-corrected chi connectivity index (χ4v) is 4.34. The van der Waals surface area contributed by atoms with Gasteiger partial charge in [0.1, 0.15) is 5.82 Å². The molecule has 5 rings (SSSR count). The number of imidazole rings is 1. The van der Waals surface area contributed by atoms with Gasteiger partial charge in [0.05, 0.1) is 39.2 Å². The van der Waals surface area contributed by atoms with E-state index in [1.165, 1.54) is 23.5 Å². The Morgan fingerprint density at radius 2 is 2.00 bits per heavy atom. The monoisotopic (exact) mass is 426 g/mol. The first-order valence-corrected chi connectivity index (χ1v) is 9.66. The SMILES string of the molecule is Cc1ncsc1-c1nc2ccccc2n1Cc1cc(=O)[nH]c2c(F)cccc12.Cl. The minimum Gasteiger partial charge on any atom is -0.319 e. The summed E-state index contributed by atoms with van der Waals surface area (Å²) in [6, 6.07) is 14.2. The number of H-pyrrole nitrogens is 1. The standard InChI is InChI=1S/C21H15FN4OS.ClH/c1-12-20(28-11-23-12)21-24-16-7-2-3-8-17(16)26(21)10-13-9-18(27)25-19-14(13)5-4-6-15(19)22;/h2-9,11H,10H2,1H3,(H,25,27);1H. The summed E-state index contributed by atoms with van der Waals surface area (Å²) in [6.07, 6.45) is 0. The fraction of sp³-hybridized carbons (Fsp3) is 0.0952. The molecule has 1 N–H and O–H groups in total. The van der Waals surface area contributed by atoms with Gasteiger partial charge >= 0.3 is 0 Å². The number of hydrogen-bond acceptors (Lipinski definition) is 4. The van der Waals surface area contributed by atoms with Crippen molar-refractivity contribution in [3.05, 3.63) is 81.5 Å². The van der Waals surface area contributed by atoms with Gasteiger partial charge in [-0.25, -0.2) is 14.4 Å². The van der Waals surface area contributed by atoms with E-state index in [0.29, 0.717) is 11.9 Å². The van der Waals surface area contributed by atoms with E-state index in [0.717, 1.165) is 33.0 Å². The highest BCUT2D eigenvalue weighted by Gasteiger charge is 2.17. The molecule has 0 bridgehead atoms.